The second-order valence-corrected chi connectivity index (χ2v) is 11.8. The van der Waals surface area contributed by atoms with Crippen LogP contribution < -0.4 is 25.3 Å². The van der Waals surface area contributed by atoms with Crippen LogP contribution in [0.4, 0.5) is 11.4 Å². The number of methoxy groups -OCH3 is 1. The maximum atomic E-state index is 9.92. The molecule has 3 N–H and O–H groups in total. The van der Waals surface area contributed by atoms with Gasteiger partial charge in [0.2, 0.25) is 0 Å². The van der Waals surface area contributed by atoms with E-state index in [9.17, 15) is 5.26 Å². The van der Waals surface area contributed by atoms with E-state index in [1.807, 2.05) is 49.4 Å². The minimum atomic E-state index is 0.00230. The van der Waals surface area contributed by atoms with E-state index < -0.39 is 0 Å². The third-order valence-electron chi connectivity index (χ3n) is 8.58. The van der Waals surface area contributed by atoms with Crippen molar-refractivity contribution in [3.05, 3.63) is 113 Å². The minimum absolute atomic E-state index is 0.00230. The van der Waals surface area contributed by atoms with E-state index in [2.05, 4.69) is 45.6 Å². The van der Waals surface area contributed by atoms with Gasteiger partial charge in [-0.2, -0.15) is 5.26 Å². The molecule has 0 aliphatic heterocycles. The van der Waals surface area contributed by atoms with Gasteiger partial charge in [0, 0.05) is 41.9 Å². The Morgan fingerprint density at radius 2 is 1.84 bits per heavy atom. The molecule has 45 heavy (non-hydrogen) atoms. The van der Waals surface area contributed by atoms with Crippen LogP contribution in [0.15, 0.2) is 85.2 Å². The van der Waals surface area contributed by atoms with Gasteiger partial charge in [0.15, 0.2) is 11.5 Å². The number of nitrogens with zero attached hydrogens (tertiary/aromatic N) is 3. The van der Waals surface area contributed by atoms with Gasteiger partial charge < -0.3 is 25.3 Å². The molecular formula is C36H34ClN5O3. The standard InChI is InChI=1S/C36H34ClN5O3/c1-23-7-6-12-40-32(23)21-44-27-10-11-30(29(37)13-27)42-35-25(18-38)19-41-31-15-34(33(43-2)14-28(31)35)45-20-24-16-36(17-24,22-39)26-8-4-3-5-9-26/h3-15,19,24H,16-17,20-22,39H2,1-2H3,(H,41,42). The van der Waals surface area contributed by atoms with Gasteiger partial charge in [-0.05, 0) is 61.1 Å². The molecule has 0 unspecified atom stereocenters. The van der Waals surface area contributed by atoms with Crippen molar-refractivity contribution in [2.45, 2.75) is 31.8 Å². The highest BCUT2D eigenvalue weighted by molar-refractivity contribution is 6.33. The Balaban J connectivity index is 1.19. The van der Waals surface area contributed by atoms with Crippen molar-refractivity contribution in [1.82, 2.24) is 9.97 Å². The number of hydrogen-bond donors (Lipinski definition) is 2. The van der Waals surface area contributed by atoms with Gasteiger partial charge >= 0.3 is 0 Å². The van der Waals surface area contributed by atoms with Crippen molar-refractivity contribution in [3.63, 3.8) is 0 Å². The van der Waals surface area contributed by atoms with Crippen molar-refractivity contribution in [2.75, 3.05) is 25.6 Å². The van der Waals surface area contributed by atoms with Crippen LogP contribution in [-0.4, -0.2) is 30.2 Å². The topological polar surface area (TPSA) is 115 Å². The van der Waals surface area contributed by atoms with Crippen LogP contribution in [-0.2, 0) is 12.0 Å². The first kappa shape index (κ1) is 30.2. The molecule has 1 aliphatic carbocycles. The zero-order valence-corrected chi connectivity index (χ0v) is 26.0. The Morgan fingerprint density at radius 1 is 1.02 bits per heavy atom. The van der Waals surface area contributed by atoms with Gasteiger partial charge in [-0.15, -0.1) is 0 Å². The molecule has 2 aromatic heterocycles. The second kappa shape index (κ2) is 13.0. The molecule has 2 heterocycles. The molecule has 5 aromatic rings. The number of nitrogens with two attached hydrogens (primary N) is 1. The molecule has 6 rings (SSSR count). The van der Waals surface area contributed by atoms with Gasteiger partial charge in [0.1, 0.15) is 18.4 Å². The Morgan fingerprint density at radius 3 is 2.56 bits per heavy atom. The van der Waals surface area contributed by atoms with Crippen LogP contribution in [0, 0.1) is 24.2 Å². The number of nitrogens with one attached hydrogen (secondary N) is 1. The number of benzene rings is 3. The van der Waals surface area contributed by atoms with E-state index >= 15 is 0 Å². The number of anilines is 2. The van der Waals surface area contributed by atoms with Gasteiger partial charge in [-0.1, -0.05) is 48.0 Å². The fraction of sp³-hybridized carbons (Fsp3) is 0.250. The van der Waals surface area contributed by atoms with E-state index in [-0.39, 0.29) is 5.41 Å². The molecule has 9 heteroatoms. The Bertz CT molecular complexity index is 1870. The molecule has 0 bridgehead atoms. The van der Waals surface area contributed by atoms with Crippen LogP contribution in [0.5, 0.6) is 17.2 Å². The third-order valence-corrected chi connectivity index (χ3v) is 8.89. The van der Waals surface area contributed by atoms with E-state index in [1.165, 1.54) is 5.56 Å². The Hall–Kier alpha value is -4.84. The van der Waals surface area contributed by atoms with Crippen molar-refractivity contribution in [3.8, 4) is 23.3 Å². The van der Waals surface area contributed by atoms with E-state index in [0.717, 1.165) is 24.1 Å². The monoisotopic (exact) mass is 619 g/mol. The van der Waals surface area contributed by atoms with Gasteiger partial charge in [0.05, 0.1) is 46.9 Å². The highest BCUT2D eigenvalue weighted by Gasteiger charge is 2.44. The molecule has 1 saturated carbocycles. The predicted octanol–water partition coefficient (Wildman–Crippen LogP) is 7.48. The second-order valence-electron chi connectivity index (χ2n) is 11.4. The average Bonchev–Trinajstić information content (AvgIpc) is 3.05. The molecule has 0 saturated heterocycles. The van der Waals surface area contributed by atoms with Gasteiger partial charge in [-0.25, -0.2) is 0 Å². The Labute approximate surface area is 267 Å². The zero-order chi connectivity index (χ0) is 31.4. The zero-order valence-electron chi connectivity index (χ0n) is 25.2. The van der Waals surface area contributed by atoms with Crippen LogP contribution in [0.1, 0.15) is 35.2 Å². The quantitative estimate of drug-likeness (QED) is 0.156. The molecule has 0 atom stereocenters. The number of aromatic nitrogens is 2. The first-order valence-corrected chi connectivity index (χ1v) is 15.2. The first-order valence-electron chi connectivity index (χ1n) is 14.8. The highest BCUT2D eigenvalue weighted by Crippen LogP contribution is 2.48. The molecule has 0 radical (unpaired) electrons. The summed E-state index contributed by atoms with van der Waals surface area (Å²) in [5.74, 6) is 2.14. The summed E-state index contributed by atoms with van der Waals surface area (Å²) in [6, 6.07) is 25.7. The summed E-state index contributed by atoms with van der Waals surface area (Å²) in [6.07, 6.45) is 5.22. The van der Waals surface area contributed by atoms with E-state index in [0.29, 0.717) is 75.8 Å². The Kier molecular flexibility index (Phi) is 8.74. The maximum absolute atomic E-state index is 9.92. The summed E-state index contributed by atoms with van der Waals surface area (Å²) >= 11 is 6.67. The first-order chi connectivity index (χ1) is 21.9. The SMILES string of the molecule is COc1cc2c(Nc3ccc(OCc4ncccc4C)cc3Cl)c(C#N)cnc2cc1OCC1CC(CN)(c2ccccc2)C1. The number of rotatable bonds is 11. The number of nitriles is 1. The van der Waals surface area contributed by atoms with Crippen molar-refractivity contribution < 1.29 is 14.2 Å². The number of hydrogen-bond acceptors (Lipinski definition) is 8. The number of ether oxygens (including phenoxy) is 3. The molecule has 1 fully saturated rings. The number of pyridine rings is 2. The van der Waals surface area contributed by atoms with Crippen LogP contribution in [0.3, 0.4) is 0 Å². The molecule has 3 aromatic carbocycles. The molecular weight excluding hydrogens is 586 g/mol. The maximum Gasteiger partial charge on any atom is 0.163 e. The average molecular weight is 620 g/mol. The lowest BCUT2D eigenvalue weighted by atomic mass is 9.59. The number of halogens is 1. The lowest BCUT2D eigenvalue weighted by molar-refractivity contribution is 0.0914. The fourth-order valence-electron chi connectivity index (χ4n) is 6.02. The van der Waals surface area contributed by atoms with Gasteiger partial charge in [0.25, 0.3) is 0 Å². The van der Waals surface area contributed by atoms with Gasteiger partial charge in [-0.3, -0.25) is 9.97 Å². The lowest BCUT2D eigenvalue weighted by Gasteiger charge is -2.47. The van der Waals surface area contributed by atoms with Crippen molar-refractivity contribution >= 4 is 33.9 Å². The van der Waals surface area contributed by atoms with Crippen molar-refractivity contribution in [2.24, 2.45) is 11.7 Å². The minimum Gasteiger partial charge on any atom is -0.493 e. The molecule has 8 nitrogen and oxygen atoms in total. The van der Waals surface area contributed by atoms with E-state index in [1.54, 1.807) is 25.6 Å². The number of aryl methyl sites for hydroxylation is 1. The normalized spacial score (nSPS) is 17.3. The summed E-state index contributed by atoms with van der Waals surface area (Å²) in [7, 11) is 1.60. The molecule has 0 spiro atoms. The van der Waals surface area contributed by atoms with Crippen LogP contribution in [0.2, 0.25) is 5.02 Å². The molecule has 0 amide bonds. The van der Waals surface area contributed by atoms with E-state index in [4.69, 9.17) is 31.5 Å². The summed E-state index contributed by atoms with van der Waals surface area (Å²) < 4.78 is 18.0. The highest BCUT2D eigenvalue weighted by atomic mass is 35.5. The summed E-state index contributed by atoms with van der Waals surface area (Å²) in [5.41, 5.74) is 11.6. The summed E-state index contributed by atoms with van der Waals surface area (Å²) in [4.78, 5) is 8.93. The van der Waals surface area contributed by atoms with Crippen LogP contribution >= 0.6 is 11.6 Å². The summed E-state index contributed by atoms with van der Waals surface area (Å²) in [6.45, 7) is 3.48. The third kappa shape index (κ3) is 6.23. The predicted molar refractivity (Wildman–Crippen MR) is 176 cm³/mol. The van der Waals surface area contributed by atoms with Crippen molar-refractivity contribution in [1.29, 1.82) is 5.26 Å². The lowest BCUT2D eigenvalue weighted by Crippen LogP contribution is -2.48. The smallest absolute Gasteiger partial charge is 0.163 e. The fourth-order valence-corrected chi connectivity index (χ4v) is 6.24. The number of fused-ring (bicyclic) bond motifs is 1. The molecule has 1 aliphatic rings. The molecule has 228 valence electrons. The summed E-state index contributed by atoms with van der Waals surface area (Å²) in [5, 5.41) is 14.4. The van der Waals surface area contributed by atoms with Crippen LogP contribution in [0.25, 0.3) is 10.9 Å². The largest absolute Gasteiger partial charge is 0.493 e.